The van der Waals surface area contributed by atoms with E-state index in [2.05, 4.69) is 0 Å². The highest BCUT2D eigenvalue weighted by molar-refractivity contribution is 5.89. The van der Waals surface area contributed by atoms with Crippen molar-refractivity contribution < 1.29 is 9.59 Å². The maximum Gasteiger partial charge on any atom is 0.244 e. The van der Waals surface area contributed by atoms with Crippen LogP contribution in [0.5, 0.6) is 0 Å². The Morgan fingerprint density at radius 3 is 2.53 bits per heavy atom. The van der Waals surface area contributed by atoms with Crippen LogP contribution in [0.4, 0.5) is 0 Å². The predicted molar refractivity (Wildman–Crippen MR) is 71.9 cm³/mol. The first-order valence-corrected chi connectivity index (χ1v) is 6.51. The molecule has 1 heterocycles. The van der Waals surface area contributed by atoms with Crippen molar-refractivity contribution >= 4 is 11.8 Å². The number of nitrogens with zero attached hydrogens (tertiary/aromatic N) is 1. The number of rotatable bonds is 3. The molecule has 0 saturated carbocycles. The van der Waals surface area contributed by atoms with Crippen molar-refractivity contribution in [1.82, 2.24) is 4.90 Å². The summed E-state index contributed by atoms with van der Waals surface area (Å²) < 4.78 is 0. The molecule has 1 aliphatic heterocycles. The number of piperidine rings is 1. The van der Waals surface area contributed by atoms with E-state index in [0.29, 0.717) is 13.0 Å². The quantitative estimate of drug-likeness (QED) is 0.832. The van der Waals surface area contributed by atoms with Gasteiger partial charge in [0.2, 0.25) is 11.8 Å². The lowest BCUT2D eigenvalue weighted by Gasteiger charge is -2.35. The van der Waals surface area contributed by atoms with Gasteiger partial charge in [-0.25, -0.2) is 0 Å². The number of nitrogens with two attached hydrogens (primary N) is 2. The minimum absolute atomic E-state index is 0.227. The fourth-order valence-electron chi connectivity index (χ4n) is 2.47. The Balaban J connectivity index is 2.15. The molecule has 2 atom stereocenters. The van der Waals surface area contributed by atoms with Crippen LogP contribution >= 0.6 is 0 Å². The van der Waals surface area contributed by atoms with Crippen molar-refractivity contribution in [2.45, 2.75) is 31.3 Å². The van der Waals surface area contributed by atoms with Crippen LogP contribution in [0.1, 0.15) is 30.9 Å². The van der Waals surface area contributed by atoms with Crippen LogP contribution in [-0.2, 0) is 9.59 Å². The summed E-state index contributed by atoms with van der Waals surface area (Å²) in [6.45, 7) is 0.549. The molecule has 5 heteroatoms. The Bertz CT molecular complexity index is 461. The minimum atomic E-state index is -0.735. The maximum absolute atomic E-state index is 12.4. The van der Waals surface area contributed by atoms with Gasteiger partial charge in [0, 0.05) is 6.54 Å². The van der Waals surface area contributed by atoms with Crippen LogP contribution in [0.25, 0.3) is 0 Å². The number of carbonyl (C=O) groups excluding carboxylic acids is 2. The van der Waals surface area contributed by atoms with Gasteiger partial charge in [0.1, 0.15) is 12.1 Å². The molecule has 2 rings (SSSR count). The molecule has 0 aromatic heterocycles. The Hall–Kier alpha value is -1.88. The predicted octanol–water partition coefficient (Wildman–Crippen LogP) is 0.553. The molecule has 2 unspecified atom stereocenters. The molecule has 5 nitrogen and oxygen atoms in total. The van der Waals surface area contributed by atoms with Gasteiger partial charge in [-0.3, -0.25) is 9.59 Å². The molecule has 4 N–H and O–H groups in total. The van der Waals surface area contributed by atoms with E-state index < -0.39 is 18.0 Å². The van der Waals surface area contributed by atoms with Gasteiger partial charge in [0.05, 0.1) is 0 Å². The largest absolute Gasteiger partial charge is 0.368 e. The van der Waals surface area contributed by atoms with Crippen molar-refractivity contribution in [3.8, 4) is 0 Å². The third-order valence-corrected chi connectivity index (χ3v) is 3.54. The molecule has 0 spiro atoms. The summed E-state index contributed by atoms with van der Waals surface area (Å²) >= 11 is 0. The molecular formula is C14H19N3O2. The highest BCUT2D eigenvalue weighted by atomic mass is 16.2. The van der Waals surface area contributed by atoms with Gasteiger partial charge < -0.3 is 16.4 Å². The molecule has 2 amide bonds. The van der Waals surface area contributed by atoms with Gasteiger partial charge >= 0.3 is 0 Å². The molecule has 0 radical (unpaired) electrons. The van der Waals surface area contributed by atoms with E-state index in [1.54, 1.807) is 0 Å². The summed E-state index contributed by atoms with van der Waals surface area (Å²) in [5, 5.41) is 0. The molecule has 102 valence electrons. The van der Waals surface area contributed by atoms with Gasteiger partial charge in [-0.15, -0.1) is 0 Å². The molecule has 0 aliphatic carbocycles. The van der Waals surface area contributed by atoms with E-state index in [1.807, 2.05) is 30.3 Å². The van der Waals surface area contributed by atoms with Crippen LogP contribution in [0.15, 0.2) is 30.3 Å². The lowest BCUT2D eigenvalue weighted by Crippen LogP contribution is -2.52. The monoisotopic (exact) mass is 261 g/mol. The van der Waals surface area contributed by atoms with E-state index in [1.165, 1.54) is 4.90 Å². The van der Waals surface area contributed by atoms with Gasteiger partial charge in [-0.05, 0) is 24.8 Å². The number of benzene rings is 1. The van der Waals surface area contributed by atoms with Crippen molar-refractivity contribution in [3.05, 3.63) is 35.9 Å². The summed E-state index contributed by atoms with van der Waals surface area (Å²) in [6.07, 6.45) is 2.43. The molecular weight excluding hydrogens is 242 g/mol. The minimum Gasteiger partial charge on any atom is -0.368 e. The Morgan fingerprint density at radius 1 is 1.21 bits per heavy atom. The van der Waals surface area contributed by atoms with Crippen molar-refractivity contribution in [2.75, 3.05) is 6.54 Å². The molecule has 1 aromatic carbocycles. The van der Waals surface area contributed by atoms with E-state index >= 15 is 0 Å². The molecule has 1 aliphatic rings. The first kappa shape index (κ1) is 13.5. The number of likely N-dealkylation sites (tertiary alicyclic amines) is 1. The number of amides is 2. The van der Waals surface area contributed by atoms with Crippen molar-refractivity contribution in [1.29, 1.82) is 0 Å². The topological polar surface area (TPSA) is 89.4 Å². The highest BCUT2D eigenvalue weighted by Crippen LogP contribution is 2.21. The van der Waals surface area contributed by atoms with E-state index in [4.69, 9.17) is 11.5 Å². The maximum atomic E-state index is 12.4. The number of hydrogen-bond acceptors (Lipinski definition) is 3. The molecule has 1 fully saturated rings. The molecule has 0 bridgehead atoms. The average molecular weight is 261 g/mol. The summed E-state index contributed by atoms with van der Waals surface area (Å²) in [7, 11) is 0. The van der Waals surface area contributed by atoms with Crippen LogP contribution in [-0.4, -0.2) is 29.3 Å². The van der Waals surface area contributed by atoms with E-state index in [0.717, 1.165) is 18.4 Å². The molecule has 1 aromatic rings. The zero-order valence-corrected chi connectivity index (χ0v) is 10.8. The smallest absolute Gasteiger partial charge is 0.244 e. The third kappa shape index (κ3) is 2.93. The second-order valence-corrected chi connectivity index (χ2v) is 4.83. The SMILES string of the molecule is NC(=O)C1CCCCN1C(=O)C(N)c1ccccc1. The average Bonchev–Trinajstić information content (AvgIpc) is 2.46. The van der Waals surface area contributed by atoms with Crippen LogP contribution in [0.2, 0.25) is 0 Å². The van der Waals surface area contributed by atoms with Crippen molar-refractivity contribution in [2.24, 2.45) is 11.5 Å². The summed E-state index contributed by atoms with van der Waals surface area (Å²) in [5.74, 6) is -0.678. The number of carbonyl (C=O) groups is 2. The summed E-state index contributed by atoms with van der Waals surface area (Å²) in [6, 6.07) is 7.91. The lowest BCUT2D eigenvalue weighted by atomic mass is 9.99. The Kier molecular flexibility index (Phi) is 4.16. The Labute approximate surface area is 112 Å². The Morgan fingerprint density at radius 2 is 1.89 bits per heavy atom. The van der Waals surface area contributed by atoms with E-state index in [9.17, 15) is 9.59 Å². The van der Waals surface area contributed by atoms with E-state index in [-0.39, 0.29) is 5.91 Å². The fourth-order valence-corrected chi connectivity index (χ4v) is 2.47. The standard InChI is InChI=1S/C14H19N3O2/c15-12(10-6-2-1-3-7-10)14(19)17-9-5-4-8-11(17)13(16)18/h1-3,6-7,11-12H,4-5,8-9,15H2,(H2,16,18). The first-order valence-electron chi connectivity index (χ1n) is 6.51. The third-order valence-electron chi connectivity index (χ3n) is 3.54. The second-order valence-electron chi connectivity index (χ2n) is 4.83. The van der Waals surface area contributed by atoms with Crippen molar-refractivity contribution in [3.63, 3.8) is 0 Å². The normalized spacial score (nSPS) is 20.9. The number of hydrogen-bond donors (Lipinski definition) is 2. The highest BCUT2D eigenvalue weighted by Gasteiger charge is 2.33. The van der Waals surface area contributed by atoms with Gasteiger partial charge in [0.15, 0.2) is 0 Å². The van der Waals surface area contributed by atoms with Gasteiger partial charge in [0.25, 0.3) is 0 Å². The fraction of sp³-hybridized carbons (Fsp3) is 0.429. The molecule has 1 saturated heterocycles. The summed E-state index contributed by atoms with van der Waals surface area (Å²) in [5.41, 5.74) is 12.1. The molecule has 19 heavy (non-hydrogen) atoms. The lowest BCUT2D eigenvalue weighted by molar-refractivity contribution is -0.142. The zero-order chi connectivity index (χ0) is 13.8. The van der Waals surface area contributed by atoms with Crippen LogP contribution < -0.4 is 11.5 Å². The van der Waals surface area contributed by atoms with Crippen LogP contribution in [0, 0.1) is 0 Å². The number of primary amides is 1. The van der Waals surface area contributed by atoms with Gasteiger partial charge in [-0.2, -0.15) is 0 Å². The summed E-state index contributed by atoms with van der Waals surface area (Å²) in [4.78, 5) is 25.4. The van der Waals surface area contributed by atoms with Crippen LogP contribution in [0.3, 0.4) is 0 Å². The first-order chi connectivity index (χ1) is 9.11. The van der Waals surface area contributed by atoms with Gasteiger partial charge in [-0.1, -0.05) is 30.3 Å². The zero-order valence-electron chi connectivity index (χ0n) is 10.8. The second kappa shape index (κ2) is 5.84.